The van der Waals surface area contributed by atoms with Gasteiger partial charge in [-0.25, -0.2) is 14.4 Å². The number of nitrogens with zero attached hydrogens (tertiary/aromatic N) is 4. The van der Waals surface area contributed by atoms with E-state index >= 15 is 0 Å². The molecular formula is C73H102ClN5O26. The molecule has 0 saturated carbocycles. The summed E-state index contributed by atoms with van der Waals surface area (Å²) < 4.78 is 57.9. The topological polar surface area (TPSA) is 413 Å². The number of aliphatic hydroxyl groups is 4. The number of esters is 2. The highest BCUT2D eigenvalue weighted by Crippen LogP contribution is 2.50. The normalized spacial score (nSPS) is 27.5. The Bertz CT molecular complexity index is 3510. The van der Waals surface area contributed by atoms with E-state index in [0.29, 0.717) is 17.9 Å². The number of carboxylic acid groups (broad SMARTS) is 2. The Morgan fingerprint density at radius 2 is 1.54 bits per heavy atom. The average molecular weight is 1500 g/mol. The van der Waals surface area contributed by atoms with Crippen molar-refractivity contribution in [1.82, 2.24) is 14.7 Å². The molecule has 15 atom stereocenters. The van der Waals surface area contributed by atoms with Gasteiger partial charge in [-0.3, -0.25) is 33.6 Å². The Morgan fingerprint density at radius 1 is 0.867 bits per heavy atom. The zero-order chi connectivity index (χ0) is 77.5. The number of ketones is 1. The molecule has 7 rings (SSSR count). The Morgan fingerprint density at radius 3 is 2.19 bits per heavy atom. The van der Waals surface area contributed by atoms with Crippen LogP contribution < -0.4 is 19.7 Å². The van der Waals surface area contributed by atoms with Gasteiger partial charge in [-0.15, -0.1) is 0 Å². The van der Waals surface area contributed by atoms with Crippen LogP contribution in [0.1, 0.15) is 124 Å². The van der Waals surface area contributed by atoms with Crippen molar-refractivity contribution in [2.45, 2.75) is 205 Å². The van der Waals surface area contributed by atoms with Crippen molar-refractivity contribution >= 4 is 82.4 Å². The van der Waals surface area contributed by atoms with E-state index in [1.807, 2.05) is 26.8 Å². The number of anilines is 2. The molecule has 7 N–H and O–H groups in total. The molecule has 0 spiro atoms. The summed E-state index contributed by atoms with van der Waals surface area (Å²) in [6.07, 6.45) is -10.6. The lowest BCUT2D eigenvalue weighted by Gasteiger charge is -2.41. The smallest absolute Gasteiger partial charge is 0.410 e. The van der Waals surface area contributed by atoms with Gasteiger partial charge in [-0.2, -0.15) is 0 Å². The van der Waals surface area contributed by atoms with Crippen LogP contribution in [-0.2, 0) is 94.1 Å². The summed E-state index contributed by atoms with van der Waals surface area (Å²) in [5.41, 5.74) is -0.957. The Kier molecular flexibility index (Phi) is 30.2. The van der Waals surface area contributed by atoms with E-state index in [4.69, 9.17) is 64.1 Å². The van der Waals surface area contributed by atoms with Gasteiger partial charge in [0, 0.05) is 90.3 Å². The number of methoxy groups -OCH3 is 2. The maximum Gasteiger partial charge on any atom is 0.410 e. The van der Waals surface area contributed by atoms with Gasteiger partial charge in [-0.1, -0.05) is 76.1 Å². The van der Waals surface area contributed by atoms with E-state index in [1.165, 1.54) is 63.2 Å². The number of allylic oxidation sites excluding steroid dienone is 3. The van der Waals surface area contributed by atoms with Crippen LogP contribution in [0.5, 0.6) is 11.5 Å². The standard InChI is InChI=1S/C73H102ClN5O26/c1-39(2)42(5)50(80)31-41(4)67(90)75-48-17-16-45(33-51(48)102-70-64(89)62(87)63(88)65(104-70)68(91)92)38-100-71(94)78-23-20-47(21-24-78)79(25-27-99-29-28-98-26-22-59(84)85)57(82)19-18-56(81)76(9)44(7)69(93)103-55-35-58(83)77(10)49-32-46(34-52(96-11)61(49)74)30-40(3)14-13-15-54(97-12)73(95)36-53(101-60(86)37-73)43(6)66-72(55,8)105-66/h13-17,32-34,39,41-44,47,53-55,62-66,70,87-89,95H,18-31,35-38H2,1-12H3,(H,75,90)(H,84,85)(H,91,92)/b15-13+,40-14+/t41-,42+,43-,44+,53+,54-,55+,62+,63+,64-,65+,66?,70-,72+,73-/m1/s1. The highest BCUT2D eigenvalue weighted by Gasteiger charge is 2.65. The summed E-state index contributed by atoms with van der Waals surface area (Å²) in [7, 11) is 5.74. The number of ether oxygens (including phenoxy) is 10. The van der Waals surface area contributed by atoms with Gasteiger partial charge in [0.25, 0.3) is 0 Å². The molecule has 1 unspecified atom stereocenters. The molecule has 0 aliphatic carbocycles. The number of carboxylic acids is 2. The fourth-order valence-corrected chi connectivity index (χ4v) is 13.4. The van der Waals surface area contributed by atoms with Gasteiger partial charge in [-0.05, 0) is 81.3 Å². The molecule has 0 radical (unpaired) electrons. The summed E-state index contributed by atoms with van der Waals surface area (Å²) in [6.45, 7) is 13.7. The Hall–Kier alpha value is -7.85. The summed E-state index contributed by atoms with van der Waals surface area (Å²) in [5, 5.41) is 65.3. The highest BCUT2D eigenvalue weighted by molar-refractivity contribution is 6.35. The van der Waals surface area contributed by atoms with Gasteiger partial charge in [0.2, 0.25) is 29.9 Å². The maximum absolute atomic E-state index is 14.6. The van der Waals surface area contributed by atoms with Crippen molar-refractivity contribution in [3.05, 3.63) is 70.3 Å². The number of aliphatic carboxylic acids is 2. The number of rotatable bonds is 29. The van der Waals surface area contributed by atoms with Crippen molar-refractivity contribution in [1.29, 1.82) is 0 Å². The summed E-state index contributed by atoms with van der Waals surface area (Å²) >= 11 is 6.88. The third kappa shape index (κ3) is 21.9. The van der Waals surface area contributed by atoms with Gasteiger partial charge in [0.05, 0.1) is 70.3 Å². The van der Waals surface area contributed by atoms with Crippen LogP contribution in [-0.4, -0.2) is 258 Å². The number of carbonyl (C=O) groups is 10. The zero-order valence-electron chi connectivity index (χ0n) is 61.5. The van der Waals surface area contributed by atoms with E-state index in [1.54, 1.807) is 56.9 Å². The number of Topliss-reactive ketones (excluding diaryl/α,β-unsaturated/α-hetero) is 1. The fourth-order valence-electron chi connectivity index (χ4n) is 13.1. The third-order valence-electron chi connectivity index (χ3n) is 20.3. The second-order valence-electron chi connectivity index (χ2n) is 28.2. The molecule has 5 aliphatic rings. The SMILES string of the molecule is COc1cc2cc(c1Cl)N(C)C(=O)C[C@H](OC(=O)[C@H](C)N(C)C(=O)CCC(=O)N(CCOCCOCCC(=O)O)C1CCN(C(=O)OCc3ccc(NC(=O)[C@H](C)CC(=O)[C@@H](C)C(C)C)c(O[C@@H]4O[C@H](C(=O)O)[C@@H](O)[C@H](O)[C@H]4O)c3)CC1)[C@]1(C)OC1[C@H](C)[C@@H]1C[C@@](O)(CC(=O)O1)[C@H](OC)/C=C/C=C(\C)C2. The first-order valence-electron chi connectivity index (χ1n) is 35.2. The van der Waals surface area contributed by atoms with Crippen LogP contribution >= 0.6 is 11.6 Å². The predicted octanol–water partition coefficient (Wildman–Crippen LogP) is 4.78. The largest absolute Gasteiger partial charge is 0.495 e. The fraction of sp³-hybridized carbons (Fsp3) is 0.644. The van der Waals surface area contributed by atoms with E-state index < -0.39 is 157 Å². The molecule has 105 heavy (non-hydrogen) atoms. The molecule has 2 aromatic carbocycles. The van der Waals surface area contributed by atoms with E-state index in [9.17, 15) is 73.5 Å². The number of halogens is 1. The lowest BCUT2D eigenvalue weighted by Crippen LogP contribution is -2.61. The third-order valence-corrected chi connectivity index (χ3v) is 20.7. The number of benzene rings is 2. The Balaban J connectivity index is 1.03. The molecule has 5 heterocycles. The number of piperidine rings is 1. The molecule has 32 heteroatoms. The van der Waals surface area contributed by atoms with Crippen LogP contribution in [0, 0.1) is 23.7 Å². The monoisotopic (exact) mass is 1500 g/mol. The first-order valence-corrected chi connectivity index (χ1v) is 35.6. The van der Waals surface area contributed by atoms with Crippen LogP contribution in [0.4, 0.5) is 16.2 Å². The molecular weight excluding hydrogens is 1400 g/mol. The minimum Gasteiger partial charge on any atom is -0.495 e. The minimum atomic E-state index is -2.04. The van der Waals surface area contributed by atoms with Crippen LogP contribution in [0.15, 0.2) is 54.1 Å². The number of fused-ring (bicyclic) bond motifs is 5. The molecule has 4 bridgehead atoms. The lowest BCUT2D eigenvalue weighted by atomic mass is 9.78. The van der Waals surface area contributed by atoms with E-state index in [-0.39, 0.29) is 137 Å². The molecule has 582 valence electrons. The van der Waals surface area contributed by atoms with Crippen molar-refractivity contribution in [2.24, 2.45) is 23.7 Å². The van der Waals surface area contributed by atoms with Crippen LogP contribution in [0.25, 0.3) is 0 Å². The van der Waals surface area contributed by atoms with Crippen molar-refractivity contribution in [2.75, 3.05) is 84.6 Å². The number of hydrogen-bond donors (Lipinski definition) is 7. The molecule has 0 aromatic heterocycles. The number of nitrogens with one attached hydrogen (secondary N) is 1. The first kappa shape index (κ1) is 84.4. The van der Waals surface area contributed by atoms with Crippen LogP contribution in [0.3, 0.4) is 0 Å². The highest BCUT2D eigenvalue weighted by atomic mass is 35.5. The van der Waals surface area contributed by atoms with Crippen molar-refractivity contribution in [3.8, 4) is 11.5 Å². The molecule has 4 fully saturated rings. The summed E-state index contributed by atoms with van der Waals surface area (Å²) in [6, 6.07) is 5.87. The number of hydrogen-bond acceptors (Lipinski definition) is 24. The van der Waals surface area contributed by atoms with E-state index in [0.717, 1.165) is 16.0 Å². The second kappa shape index (κ2) is 37.6. The first-order chi connectivity index (χ1) is 49.5. The van der Waals surface area contributed by atoms with Crippen molar-refractivity contribution < 1.29 is 126 Å². The van der Waals surface area contributed by atoms with E-state index in [2.05, 4.69) is 5.32 Å². The van der Waals surface area contributed by atoms with Gasteiger partial charge in [0.1, 0.15) is 82.8 Å². The summed E-state index contributed by atoms with van der Waals surface area (Å²) in [4.78, 5) is 140. The van der Waals surface area contributed by atoms with Gasteiger partial charge < -0.3 is 103 Å². The second-order valence-corrected chi connectivity index (χ2v) is 28.6. The number of carbonyl (C=O) groups excluding carboxylic acids is 8. The van der Waals surface area contributed by atoms with Crippen LogP contribution in [0.2, 0.25) is 5.02 Å². The Labute approximate surface area is 615 Å². The number of epoxide rings is 1. The number of aliphatic hydroxyl groups excluding tert-OH is 3. The van der Waals surface area contributed by atoms with Gasteiger partial charge >= 0.3 is 30.0 Å². The molecule has 2 aromatic rings. The van der Waals surface area contributed by atoms with Crippen molar-refractivity contribution in [3.63, 3.8) is 0 Å². The minimum absolute atomic E-state index is 0.00148. The number of amides is 5. The predicted molar refractivity (Wildman–Crippen MR) is 374 cm³/mol. The molecule has 5 amide bonds. The lowest BCUT2D eigenvalue weighted by molar-refractivity contribution is -0.271. The maximum atomic E-state index is 14.6. The molecule has 5 aliphatic heterocycles. The molecule has 4 saturated heterocycles. The number of likely N-dealkylation sites (N-methyl/N-ethyl adjacent to an activating group) is 1. The summed E-state index contributed by atoms with van der Waals surface area (Å²) in [5.74, 6) is -8.39. The number of likely N-dealkylation sites (tertiary alicyclic amines) is 1. The zero-order valence-corrected chi connectivity index (χ0v) is 62.3. The molecule has 31 nitrogen and oxygen atoms in total. The average Bonchev–Trinajstić information content (AvgIpc) is 1.57. The van der Waals surface area contributed by atoms with Gasteiger partial charge in [0.15, 0.2) is 6.10 Å². The quantitative estimate of drug-likeness (QED) is 0.0249.